The van der Waals surface area contributed by atoms with E-state index in [0.717, 1.165) is 10.0 Å². The summed E-state index contributed by atoms with van der Waals surface area (Å²) in [7, 11) is 1.26. The summed E-state index contributed by atoms with van der Waals surface area (Å²) in [5.41, 5.74) is 0.778. The number of benzene rings is 1. The number of carbonyl (C=O) groups excluding carboxylic acids is 2. The Bertz CT molecular complexity index is 463. The lowest BCUT2D eigenvalue weighted by Gasteiger charge is -2.15. The SMILES string of the molecule is COC(=O)C1OC(=O)NC1c1cccc(Br)c1. The molecule has 0 aromatic heterocycles. The molecule has 0 bridgehead atoms. The number of ether oxygens (including phenoxy) is 2. The van der Waals surface area contributed by atoms with Gasteiger partial charge in [-0.05, 0) is 17.7 Å². The number of carbonyl (C=O) groups is 2. The van der Waals surface area contributed by atoms with Crippen LogP contribution in [0.4, 0.5) is 4.79 Å². The number of nitrogens with one attached hydrogen (secondary N) is 1. The van der Waals surface area contributed by atoms with E-state index in [-0.39, 0.29) is 0 Å². The second-order valence-electron chi connectivity index (χ2n) is 3.53. The third-order valence-electron chi connectivity index (χ3n) is 2.45. The van der Waals surface area contributed by atoms with Crippen LogP contribution < -0.4 is 5.32 Å². The molecule has 17 heavy (non-hydrogen) atoms. The molecule has 1 N–H and O–H groups in total. The summed E-state index contributed by atoms with van der Waals surface area (Å²) in [6, 6.07) is 6.77. The number of esters is 1. The van der Waals surface area contributed by atoms with Crippen molar-refractivity contribution in [1.29, 1.82) is 0 Å². The van der Waals surface area contributed by atoms with Crippen LogP contribution in [-0.4, -0.2) is 25.3 Å². The molecule has 6 heteroatoms. The third-order valence-corrected chi connectivity index (χ3v) is 2.94. The molecule has 2 rings (SSSR count). The minimum absolute atomic E-state index is 0.521. The van der Waals surface area contributed by atoms with Crippen molar-refractivity contribution < 1.29 is 19.1 Å². The Labute approximate surface area is 106 Å². The van der Waals surface area contributed by atoms with Gasteiger partial charge in [0.2, 0.25) is 6.10 Å². The predicted molar refractivity (Wildman–Crippen MR) is 62.3 cm³/mol. The molecule has 1 aliphatic rings. The quantitative estimate of drug-likeness (QED) is 0.845. The lowest BCUT2D eigenvalue weighted by atomic mass is 10.0. The summed E-state index contributed by atoms with van der Waals surface area (Å²) in [5, 5.41) is 2.58. The Morgan fingerprint density at radius 2 is 2.29 bits per heavy atom. The molecule has 1 aromatic carbocycles. The summed E-state index contributed by atoms with van der Waals surface area (Å²) < 4.78 is 10.3. The zero-order valence-electron chi connectivity index (χ0n) is 8.98. The first kappa shape index (κ1) is 11.9. The maximum absolute atomic E-state index is 11.5. The van der Waals surface area contributed by atoms with E-state index >= 15 is 0 Å². The molecule has 1 heterocycles. The number of methoxy groups -OCH3 is 1. The van der Waals surface area contributed by atoms with Crippen molar-refractivity contribution in [2.45, 2.75) is 12.1 Å². The Morgan fingerprint density at radius 1 is 1.53 bits per heavy atom. The maximum atomic E-state index is 11.5. The minimum Gasteiger partial charge on any atom is -0.466 e. The molecule has 1 fully saturated rings. The van der Waals surface area contributed by atoms with Gasteiger partial charge in [0, 0.05) is 4.47 Å². The maximum Gasteiger partial charge on any atom is 0.408 e. The minimum atomic E-state index is -0.943. The van der Waals surface area contributed by atoms with Crippen LogP contribution in [0, 0.1) is 0 Å². The highest BCUT2D eigenvalue weighted by atomic mass is 79.9. The largest absolute Gasteiger partial charge is 0.466 e. The van der Waals surface area contributed by atoms with Crippen LogP contribution in [0.1, 0.15) is 11.6 Å². The summed E-state index contributed by atoms with van der Waals surface area (Å²) in [5.74, 6) is -0.576. The number of hydrogen-bond donors (Lipinski definition) is 1. The van der Waals surface area contributed by atoms with Gasteiger partial charge in [-0.25, -0.2) is 9.59 Å². The van der Waals surface area contributed by atoms with Crippen molar-refractivity contribution in [1.82, 2.24) is 5.32 Å². The first-order chi connectivity index (χ1) is 8.11. The van der Waals surface area contributed by atoms with Crippen LogP contribution in [0.5, 0.6) is 0 Å². The summed E-state index contributed by atoms with van der Waals surface area (Å²) >= 11 is 3.33. The van der Waals surface area contributed by atoms with Gasteiger partial charge in [0.05, 0.1) is 7.11 Å². The fourth-order valence-electron chi connectivity index (χ4n) is 1.68. The van der Waals surface area contributed by atoms with Crippen molar-refractivity contribution in [2.24, 2.45) is 0 Å². The highest BCUT2D eigenvalue weighted by Gasteiger charge is 2.41. The molecule has 1 aromatic rings. The number of cyclic esters (lactones) is 1. The standard InChI is InChI=1S/C11H10BrNO4/c1-16-10(14)9-8(13-11(15)17-9)6-3-2-4-7(12)5-6/h2-5,8-9H,1H3,(H,13,15). The Morgan fingerprint density at radius 3 is 2.94 bits per heavy atom. The highest BCUT2D eigenvalue weighted by molar-refractivity contribution is 9.10. The average Bonchev–Trinajstić information content (AvgIpc) is 2.70. The van der Waals surface area contributed by atoms with E-state index in [1.165, 1.54) is 7.11 Å². The number of hydrogen-bond acceptors (Lipinski definition) is 4. The van der Waals surface area contributed by atoms with Crippen LogP contribution in [-0.2, 0) is 14.3 Å². The molecular formula is C11H10BrNO4. The molecule has 0 aliphatic carbocycles. The van der Waals surface area contributed by atoms with Gasteiger partial charge >= 0.3 is 12.1 Å². The fourth-order valence-corrected chi connectivity index (χ4v) is 2.10. The molecule has 1 amide bonds. The van der Waals surface area contributed by atoms with Gasteiger partial charge in [-0.2, -0.15) is 0 Å². The van der Waals surface area contributed by atoms with Crippen LogP contribution >= 0.6 is 15.9 Å². The van der Waals surface area contributed by atoms with Gasteiger partial charge in [-0.15, -0.1) is 0 Å². The Kier molecular flexibility index (Phi) is 3.33. The average molecular weight is 300 g/mol. The molecule has 0 spiro atoms. The summed E-state index contributed by atoms with van der Waals surface area (Å²) in [6.45, 7) is 0. The smallest absolute Gasteiger partial charge is 0.408 e. The van der Waals surface area contributed by atoms with E-state index in [4.69, 9.17) is 4.74 Å². The Balaban J connectivity index is 2.29. The third kappa shape index (κ3) is 2.41. The highest BCUT2D eigenvalue weighted by Crippen LogP contribution is 2.27. The van der Waals surface area contributed by atoms with Crippen molar-refractivity contribution in [3.8, 4) is 0 Å². The second kappa shape index (κ2) is 4.75. The summed E-state index contributed by atoms with van der Waals surface area (Å²) in [6.07, 6.45) is -1.56. The molecule has 1 saturated heterocycles. The molecule has 1 aliphatic heterocycles. The number of amides is 1. The van der Waals surface area contributed by atoms with Gasteiger partial charge in [0.15, 0.2) is 0 Å². The van der Waals surface area contributed by atoms with E-state index in [9.17, 15) is 9.59 Å². The van der Waals surface area contributed by atoms with Crippen molar-refractivity contribution >= 4 is 28.0 Å². The number of rotatable bonds is 2. The van der Waals surface area contributed by atoms with E-state index in [1.807, 2.05) is 18.2 Å². The molecule has 5 nitrogen and oxygen atoms in total. The van der Waals surface area contributed by atoms with Gasteiger partial charge in [-0.3, -0.25) is 0 Å². The van der Waals surface area contributed by atoms with E-state index < -0.39 is 24.2 Å². The van der Waals surface area contributed by atoms with Crippen LogP contribution in [0.25, 0.3) is 0 Å². The van der Waals surface area contributed by atoms with E-state index in [1.54, 1.807) is 6.07 Å². The zero-order valence-corrected chi connectivity index (χ0v) is 10.6. The van der Waals surface area contributed by atoms with Gasteiger partial charge in [-0.1, -0.05) is 28.1 Å². The van der Waals surface area contributed by atoms with Crippen molar-refractivity contribution in [2.75, 3.05) is 7.11 Å². The van der Waals surface area contributed by atoms with E-state index in [0.29, 0.717) is 0 Å². The monoisotopic (exact) mass is 299 g/mol. The molecule has 2 unspecified atom stereocenters. The van der Waals surface area contributed by atoms with Crippen molar-refractivity contribution in [3.05, 3.63) is 34.3 Å². The molecule has 2 atom stereocenters. The zero-order chi connectivity index (χ0) is 12.4. The first-order valence-electron chi connectivity index (χ1n) is 4.92. The summed E-state index contributed by atoms with van der Waals surface area (Å²) in [4.78, 5) is 22.7. The normalized spacial score (nSPS) is 22.8. The van der Waals surface area contributed by atoms with Crippen LogP contribution in [0.15, 0.2) is 28.7 Å². The second-order valence-corrected chi connectivity index (χ2v) is 4.44. The van der Waals surface area contributed by atoms with Gasteiger partial charge in [0.25, 0.3) is 0 Å². The molecule has 0 radical (unpaired) electrons. The van der Waals surface area contributed by atoms with Gasteiger partial charge in [0.1, 0.15) is 6.04 Å². The predicted octanol–water partition coefficient (Wildman–Crippen LogP) is 1.77. The molecule has 90 valence electrons. The topological polar surface area (TPSA) is 64.6 Å². The van der Waals surface area contributed by atoms with E-state index in [2.05, 4.69) is 26.0 Å². The van der Waals surface area contributed by atoms with Crippen molar-refractivity contribution in [3.63, 3.8) is 0 Å². The molecule has 0 saturated carbocycles. The number of halogens is 1. The number of alkyl carbamates (subject to hydrolysis) is 1. The lowest BCUT2D eigenvalue weighted by Crippen LogP contribution is -2.30. The molecular weight excluding hydrogens is 290 g/mol. The fraction of sp³-hybridized carbons (Fsp3) is 0.273. The van der Waals surface area contributed by atoms with Crippen LogP contribution in [0.3, 0.4) is 0 Å². The lowest BCUT2D eigenvalue weighted by molar-refractivity contribution is -0.149. The van der Waals surface area contributed by atoms with Gasteiger partial charge < -0.3 is 14.8 Å². The van der Waals surface area contributed by atoms with Crippen LogP contribution in [0.2, 0.25) is 0 Å². The first-order valence-corrected chi connectivity index (χ1v) is 5.71. The Hall–Kier alpha value is -1.56.